The van der Waals surface area contributed by atoms with Gasteiger partial charge in [0.2, 0.25) is 0 Å². The summed E-state index contributed by atoms with van der Waals surface area (Å²) in [7, 11) is 3.19. The molecule has 0 fully saturated rings. The van der Waals surface area contributed by atoms with Crippen molar-refractivity contribution in [2.24, 2.45) is 0 Å². The molecule has 0 aliphatic heterocycles. The Bertz CT molecular complexity index is 772. The quantitative estimate of drug-likeness (QED) is 0.712. The minimum Gasteiger partial charge on any atom is -0.493 e. The third-order valence-electron chi connectivity index (χ3n) is 4.09. The summed E-state index contributed by atoms with van der Waals surface area (Å²) in [6.45, 7) is 3.13. The zero-order valence-electron chi connectivity index (χ0n) is 16.0. The van der Waals surface area contributed by atoms with Crippen LogP contribution in [0.2, 0.25) is 0 Å². The first kappa shape index (κ1) is 20.3. The van der Waals surface area contributed by atoms with E-state index in [4.69, 9.17) is 9.47 Å². The van der Waals surface area contributed by atoms with Gasteiger partial charge >= 0.3 is 0 Å². The Labute approximate surface area is 159 Å². The number of methoxy groups -OCH3 is 2. The highest BCUT2D eigenvalue weighted by atomic mass is 16.5. The highest BCUT2D eigenvalue weighted by molar-refractivity contribution is 5.97. The smallest absolute Gasteiger partial charge is 0.251 e. The summed E-state index contributed by atoms with van der Waals surface area (Å²) in [6, 6.07) is 12.3. The number of benzene rings is 2. The Balaban J connectivity index is 1.87. The van der Waals surface area contributed by atoms with Crippen molar-refractivity contribution in [2.75, 3.05) is 27.3 Å². The molecular formula is C21H26N2O4. The predicted octanol–water partition coefficient (Wildman–Crippen LogP) is 2.82. The normalized spacial score (nSPS) is 10.2. The SMILES string of the molecule is CCCNC(=O)c1ccc(C(=O)NCCc2ccc(OC)c(OC)c2)cc1. The van der Waals surface area contributed by atoms with E-state index in [1.54, 1.807) is 38.5 Å². The fraction of sp³-hybridized carbons (Fsp3) is 0.333. The molecule has 0 saturated heterocycles. The third-order valence-corrected chi connectivity index (χ3v) is 4.09. The predicted molar refractivity (Wildman–Crippen MR) is 105 cm³/mol. The average molecular weight is 370 g/mol. The van der Waals surface area contributed by atoms with E-state index in [9.17, 15) is 9.59 Å². The van der Waals surface area contributed by atoms with Crippen molar-refractivity contribution in [1.29, 1.82) is 0 Å². The lowest BCUT2D eigenvalue weighted by Gasteiger charge is -2.10. The lowest BCUT2D eigenvalue weighted by atomic mass is 10.1. The standard InChI is InChI=1S/C21H26N2O4/c1-4-12-22-20(24)16-6-8-17(9-7-16)21(25)23-13-11-15-5-10-18(26-2)19(14-15)27-3/h5-10,14H,4,11-13H2,1-3H3,(H,22,24)(H,23,25). The van der Waals surface area contributed by atoms with Crippen molar-refractivity contribution >= 4 is 11.8 Å². The molecule has 0 spiro atoms. The second-order valence-corrected chi connectivity index (χ2v) is 6.03. The fourth-order valence-corrected chi connectivity index (χ4v) is 2.57. The lowest BCUT2D eigenvalue weighted by molar-refractivity contribution is 0.0942. The van der Waals surface area contributed by atoms with Crippen LogP contribution >= 0.6 is 0 Å². The minimum atomic E-state index is -0.170. The van der Waals surface area contributed by atoms with Gasteiger partial charge in [-0.3, -0.25) is 9.59 Å². The summed E-state index contributed by atoms with van der Waals surface area (Å²) in [5.74, 6) is 1.04. The number of nitrogens with one attached hydrogen (secondary N) is 2. The van der Waals surface area contributed by atoms with Crippen molar-refractivity contribution in [2.45, 2.75) is 19.8 Å². The Morgan fingerprint density at radius 1 is 0.815 bits per heavy atom. The summed E-state index contributed by atoms with van der Waals surface area (Å²) in [6.07, 6.45) is 1.55. The molecule has 0 atom stereocenters. The van der Waals surface area contributed by atoms with Crippen molar-refractivity contribution in [1.82, 2.24) is 10.6 Å². The van der Waals surface area contributed by atoms with Crippen LogP contribution < -0.4 is 20.1 Å². The van der Waals surface area contributed by atoms with E-state index in [0.717, 1.165) is 12.0 Å². The van der Waals surface area contributed by atoms with Gasteiger partial charge in [-0.25, -0.2) is 0 Å². The van der Waals surface area contributed by atoms with Crippen LogP contribution in [0.4, 0.5) is 0 Å². The molecule has 0 unspecified atom stereocenters. The van der Waals surface area contributed by atoms with Crippen LogP contribution in [-0.2, 0) is 6.42 Å². The highest BCUT2D eigenvalue weighted by Crippen LogP contribution is 2.27. The monoisotopic (exact) mass is 370 g/mol. The molecule has 0 aromatic heterocycles. The topological polar surface area (TPSA) is 76.7 Å². The highest BCUT2D eigenvalue weighted by Gasteiger charge is 2.09. The molecule has 27 heavy (non-hydrogen) atoms. The Kier molecular flexibility index (Phi) is 7.67. The van der Waals surface area contributed by atoms with Gasteiger partial charge in [-0.1, -0.05) is 13.0 Å². The van der Waals surface area contributed by atoms with Crippen molar-refractivity contribution in [3.63, 3.8) is 0 Å². The summed E-state index contributed by atoms with van der Waals surface area (Å²) >= 11 is 0. The van der Waals surface area contributed by atoms with Crippen LogP contribution in [0.25, 0.3) is 0 Å². The number of rotatable bonds is 9. The zero-order valence-corrected chi connectivity index (χ0v) is 16.0. The van der Waals surface area contributed by atoms with Gasteiger partial charge < -0.3 is 20.1 Å². The molecule has 2 amide bonds. The molecule has 0 saturated carbocycles. The molecule has 0 aliphatic rings. The molecule has 6 nitrogen and oxygen atoms in total. The van der Waals surface area contributed by atoms with Crippen LogP contribution in [0.1, 0.15) is 39.6 Å². The van der Waals surface area contributed by atoms with Gasteiger partial charge in [-0.2, -0.15) is 0 Å². The molecule has 144 valence electrons. The largest absolute Gasteiger partial charge is 0.493 e. The maximum absolute atomic E-state index is 12.3. The first-order valence-corrected chi connectivity index (χ1v) is 8.96. The average Bonchev–Trinajstić information content (AvgIpc) is 2.71. The molecule has 0 radical (unpaired) electrons. The van der Waals surface area contributed by atoms with Crippen molar-refractivity contribution in [3.05, 3.63) is 59.2 Å². The molecule has 0 bridgehead atoms. The molecule has 6 heteroatoms. The molecule has 0 aliphatic carbocycles. The second kappa shape index (κ2) is 10.2. The molecule has 0 heterocycles. The van der Waals surface area contributed by atoms with E-state index in [2.05, 4.69) is 10.6 Å². The number of carbonyl (C=O) groups excluding carboxylic acids is 2. The summed E-state index contributed by atoms with van der Waals surface area (Å²) in [4.78, 5) is 24.1. The first-order chi connectivity index (χ1) is 13.1. The molecule has 2 aromatic rings. The van der Waals surface area contributed by atoms with E-state index >= 15 is 0 Å². The van der Waals surface area contributed by atoms with E-state index in [0.29, 0.717) is 42.1 Å². The van der Waals surface area contributed by atoms with Crippen LogP contribution in [0.15, 0.2) is 42.5 Å². The lowest BCUT2D eigenvalue weighted by Crippen LogP contribution is -2.26. The van der Waals surface area contributed by atoms with E-state index in [1.165, 1.54) is 0 Å². The van der Waals surface area contributed by atoms with Gasteiger partial charge in [0.05, 0.1) is 14.2 Å². The molecule has 2 aromatic carbocycles. The second-order valence-electron chi connectivity index (χ2n) is 6.03. The minimum absolute atomic E-state index is 0.128. The van der Waals surface area contributed by atoms with Gasteiger partial charge in [0.25, 0.3) is 11.8 Å². The summed E-state index contributed by atoms with van der Waals surface area (Å²) < 4.78 is 10.5. The van der Waals surface area contributed by atoms with E-state index in [1.807, 2.05) is 25.1 Å². The number of hydrogen-bond donors (Lipinski definition) is 2. The van der Waals surface area contributed by atoms with E-state index < -0.39 is 0 Å². The number of amides is 2. The Morgan fingerprint density at radius 2 is 1.37 bits per heavy atom. The zero-order chi connectivity index (χ0) is 19.6. The maximum atomic E-state index is 12.3. The van der Waals surface area contributed by atoms with Gasteiger partial charge in [0.1, 0.15) is 0 Å². The summed E-state index contributed by atoms with van der Waals surface area (Å²) in [5.41, 5.74) is 2.11. The Morgan fingerprint density at radius 3 is 1.89 bits per heavy atom. The van der Waals surface area contributed by atoms with Crippen LogP contribution in [-0.4, -0.2) is 39.1 Å². The van der Waals surface area contributed by atoms with Gasteiger partial charge in [-0.15, -0.1) is 0 Å². The van der Waals surface area contributed by atoms with Gasteiger partial charge in [-0.05, 0) is 54.8 Å². The van der Waals surface area contributed by atoms with Crippen molar-refractivity contribution in [3.8, 4) is 11.5 Å². The molecule has 2 rings (SSSR count). The van der Waals surface area contributed by atoms with Crippen LogP contribution in [0, 0.1) is 0 Å². The molecule has 2 N–H and O–H groups in total. The first-order valence-electron chi connectivity index (χ1n) is 8.96. The van der Waals surface area contributed by atoms with Gasteiger partial charge in [0.15, 0.2) is 11.5 Å². The number of hydrogen-bond acceptors (Lipinski definition) is 4. The molecular weight excluding hydrogens is 344 g/mol. The van der Waals surface area contributed by atoms with Gasteiger partial charge in [0, 0.05) is 24.2 Å². The van der Waals surface area contributed by atoms with Crippen molar-refractivity contribution < 1.29 is 19.1 Å². The van der Waals surface area contributed by atoms with Crippen LogP contribution in [0.5, 0.6) is 11.5 Å². The van der Waals surface area contributed by atoms with Crippen LogP contribution in [0.3, 0.4) is 0 Å². The van der Waals surface area contributed by atoms with E-state index in [-0.39, 0.29) is 11.8 Å². The fourth-order valence-electron chi connectivity index (χ4n) is 2.57. The Hall–Kier alpha value is -3.02. The third kappa shape index (κ3) is 5.74. The summed E-state index contributed by atoms with van der Waals surface area (Å²) in [5, 5.41) is 5.69. The number of ether oxygens (including phenoxy) is 2. The number of carbonyl (C=O) groups is 2. The maximum Gasteiger partial charge on any atom is 0.251 e.